The topological polar surface area (TPSA) is 43.4 Å². The van der Waals surface area contributed by atoms with E-state index in [0.29, 0.717) is 6.42 Å². The molecule has 0 aliphatic heterocycles. The Kier molecular flexibility index (Phi) is 5.11. The molecule has 0 heterocycles. The minimum Gasteiger partial charge on any atom is -0.266 e. The van der Waals surface area contributed by atoms with Gasteiger partial charge in [0.25, 0.3) is 10.1 Å². The zero-order valence-electron chi connectivity index (χ0n) is 15.0. The number of allylic oxidation sites excluding steroid dienone is 1. The molecule has 0 fully saturated rings. The smallest absolute Gasteiger partial charge is 0.266 e. The van der Waals surface area contributed by atoms with Crippen LogP contribution in [0, 0.1) is 20.8 Å². The summed E-state index contributed by atoms with van der Waals surface area (Å²) < 4.78 is 29.8. The third kappa shape index (κ3) is 4.02. The monoisotopic (exact) mass is 356 g/mol. The van der Waals surface area contributed by atoms with Crippen molar-refractivity contribution in [3.05, 3.63) is 70.3 Å². The number of benzene rings is 2. The van der Waals surface area contributed by atoms with Crippen molar-refractivity contribution in [1.29, 1.82) is 0 Å². The van der Waals surface area contributed by atoms with Crippen molar-refractivity contribution in [3.63, 3.8) is 0 Å². The lowest BCUT2D eigenvalue weighted by Gasteiger charge is -2.20. The number of rotatable bonds is 5. The number of aryl methyl sites for hydroxylation is 4. The highest BCUT2D eigenvalue weighted by atomic mass is 32.2. The molecule has 0 radical (unpaired) electrons. The van der Waals surface area contributed by atoms with Crippen LogP contribution in [0.5, 0.6) is 0 Å². The van der Waals surface area contributed by atoms with Gasteiger partial charge in [-0.05, 0) is 80.0 Å². The molecule has 2 aromatic carbocycles. The van der Waals surface area contributed by atoms with Gasteiger partial charge < -0.3 is 0 Å². The maximum Gasteiger partial charge on any atom is 0.296 e. The van der Waals surface area contributed by atoms with Gasteiger partial charge in [0.15, 0.2) is 0 Å². The van der Waals surface area contributed by atoms with E-state index in [4.69, 9.17) is 4.18 Å². The lowest BCUT2D eigenvalue weighted by atomic mass is 9.87. The largest absolute Gasteiger partial charge is 0.296 e. The van der Waals surface area contributed by atoms with E-state index in [2.05, 4.69) is 32.1 Å². The summed E-state index contributed by atoms with van der Waals surface area (Å²) in [6.07, 6.45) is 4.84. The first-order valence-electron chi connectivity index (χ1n) is 8.62. The summed E-state index contributed by atoms with van der Waals surface area (Å²) in [5.41, 5.74) is 7.36. The highest BCUT2D eigenvalue weighted by Crippen LogP contribution is 2.31. The van der Waals surface area contributed by atoms with Crippen molar-refractivity contribution in [3.8, 4) is 0 Å². The van der Waals surface area contributed by atoms with Gasteiger partial charge in [0, 0.05) is 0 Å². The molecule has 0 amide bonds. The van der Waals surface area contributed by atoms with E-state index in [0.717, 1.165) is 18.4 Å². The molecule has 2 aromatic rings. The molecule has 4 heteroatoms. The summed E-state index contributed by atoms with van der Waals surface area (Å²) in [4.78, 5) is 0.211. The Bertz CT molecular complexity index is 907. The van der Waals surface area contributed by atoms with Gasteiger partial charge in [-0.1, -0.05) is 35.9 Å². The summed E-state index contributed by atoms with van der Waals surface area (Å²) in [6, 6.07) is 11.2. The molecule has 1 aliphatic carbocycles. The molecule has 3 nitrogen and oxygen atoms in total. The molecule has 0 atom stereocenters. The molecule has 0 aromatic heterocycles. The summed E-state index contributed by atoms with van der Waals surface area (Å²) >= 11 is 0. The molecular formula is C21H24O3S. The fraction of sp³-hybridized carbons (Fsp3) is 0.333. The van der Waals surface area contributed by atoms with Crippen LogP contribution in [0.2, 0.25) is 0 Å². The van der Waals surface area contributed by atoms with Gasteiger partial charge in [0.1, 0.15) is 0 Å². The summed E-state index contributed by atoms with van der Waals surface area (Å²) in [7, 11) is -3.70. The Morgan fingerprint density at radius 2 is 1.68 bits per heavy atom. The van der Waals surface area contributed by atoms with E-state index in [-0.39, 0.29) is 11.5 Å². The van der Waals surface area contributed by atoms with Gasteiger partial charge in [-0.15, -0.1) is 0 Å². The van der Waals surface area contributed by atoms with E-state index in [1.807, 2.05) is 6.92 Å². The minimum atomic E-state index is -3.70. The summed E-state index contributed by atoms with van der Waals surface area (Å²) in [5.74, 6) is 0. The average molecular weight is 356 g/mol. The third-order valence-electron chi connectivity index (χ3n) is 4.79. The van der Waals surface area contributed by atoms with E-state index in [9.17, 15) is 8.42 Å². The maximum atomic E-state index is 12.3. The van der Waals surface area contributed by atoms with Crippen LogP contribution >= 0.6 is 0 Å². The molecule has 0 saturated heterocycles. The van der Waals surface area contributed by atoms with Gasteiger partial charge in [-0.3, -0.25) is 4.18 Å². The second-order valence-electron chi connectivity index (χ2n) is 6.70. The second-order valence-corrected chi connectivity index (χ2v) is 8.32. The van der Waals surface area contributed by atoms with E-state index < -0.39 is 10.1 Å². The van der Waals surface area contributed by atoms with Gasteiger partial charge >= 0.3 is 0 Å². The highest BCUT2D eigenvalue weighted by Gasteiger charge is 2.17. The quantitative estimate of drug-likeness (QED) is 0.727. The Hall–Kier alpha value is -1.91. The molecule has 0 saturated carbocycles. The van der Waals surface area contributed by atoms with Crippen molar-refractivity contribution in [1.82, 2.24) is 0 Å². The van der Waals surface area contributed by atoms with E-state index in [1.54, 1.807) is 24.3 Å². The van der Waals surface area contributed by atoms with Crippen molar-refractivity contribution < 1.29 is 12.6 Å². The molecule has 0 unspecified atom stereocenters. The lowest BCUT2D eigenvalue weighted by molar-refractivity contribution is 0.326. The predicted molar refractivity (Wildman–Crippen MR) is 101 cm³/mol. The zero-order valence-corrected chi connectivity index (χ0v) is 15.8. The maximum absolute atomic E-state index is 12.3. The molecule has 0 bridgehead atoms. The molecule has 3 rings (SSSR count). The number of hydrogen-bond acceptors (Lipinski definition) is 3. The predicted octanol–water partition coefficient (Wildman–Crippen LogP) is 4.74. The SMILES string of the molecule is Cc1ccc(S(=O)(=O)OCCC2=CCCc3cc(C)c(C)cc32)cc1. The van der Waals surface area contributed by atoms with Crippen molar-refractivity contribution in [2.75, 3.05) is 6.61 Å². The minimum absolute atomic E-state index is 0.161. The second kappa shape index (κ2) is 7.14. The van der Waals surface area contributed by atoms with Gasteiger partial charge in [0.2, 0.25) is 0 Å². The Labute approximate surface area is 150 Å². The molecule has 132 valence electrons. The first-order valence-corrected chi connectivity index (χ1v) is 10.0. The van der Waals surface area contributed by atoms with Crippen molar-refractivity contribution in [2.24, 2.45) is 0 Å². The first kappa shape index (κ1) is 17.9. The van der Waals surface area contributed by atoms with E-state index >= 15 is 0 Å². The van der Waals surface area contributed by atoms with Gasteiger partial charge in [-0.25, -0.2) is 0 Å². The Morgan fingerprint density at radius 1 is 1.00 bits per heavy atom. The van der Waals surface area contributed by atoms with Gasteiger partial charge in [-0.2, -0.15) is 8.42 Å². The van der Waals surface area contributed by atoms with Crippen molar-refractivity contribution >= 4 is 15.7 Å². The average Bonchev–Trinajstić information content (AvgIpc) is 2.57. The third-order valence-corrected chi connectivity index (χ3v) is 6.12. The van der Waals surface area contributed by atoms with Crippen LogP contribution < -0.4 is 0 Å². The number of hydrogen-bond donors (Lipinski definition) is 0. The summed E-state index contributed by atoms with van der Waals surface area (Å²) in [5, 5.41) is 0. The fourth-order valence-corrected chi connectivity index (χ4v) is 4.07. The lowest BCUT2D eigenvalue weighted by Crippen LogP contribution is -2.09. The van der Waals surface area contributed by atoms with Crippen LogP contribution in [-0.2, 0) is 20.7 Å². The number of fused-ring (bicyclic) bond motifs is 1. The first-order chi connectivity index (χ1) is 11.9. The summed E-state index contributed by atoms with van der Waals surface area (Å²) in [6.45, 7) is 6.33. The highest BCUT2D eigenvalue weighted by molar-refractivity contribution is 7.86. The van der Waals surface area contributed by atoms with Crippen molar-refractivity contribution in [2.45, 2.75) is 44.9 Å². The van der Waals surface area contributed by atoms with Crippen LogP contribution in [0.4, 0.5) is 0 Å². The normalized spacial score (nSPS) is 14.1. The van der Waals surface area contributed by atoms with Crippen LogP contribution in [0.25, 0.3) is 5.57 Å². The molecular weight excluding hydrogens is 332 g/mol. The van der Waals surface area contributed by atoms with Gasteiger partial charge in [0.05, 0.1) is 11.5 Å². The molecule has 25 heavy (non-hydrogen) atoms. The molecule has 0 spiro atoms. The zero-order chi connectivity index (χ0) is 18.0. The van der Waals surface area contributed by atoms with Crippen LogP contribution in [-0.4, -0.2) is 15.0 Å². The Morgan fingerprint density at radius 3 is 2.40 bits per heavy atom. The Balaban J connectivity index is 1.70. The fourth-order valence-electron chi connectivity index (χ4n) is 3.16. The van der Waals surface area contributed by atoms with Crippen LogP contribution in [0.3, 0.4) is 0 Å². The van der Waals surface area contributed by atoms with Crippen LogP contribution in [0.15, 0.2) is 47.4 Å². The van der Waals surface area contributed by atoms with Crippen LogP contribution in [0.1, 0.15) is 40.7 Å². The molecule has 0 N–H and O–H groups in total. The molecule has 1 aliphatic rings. The standard InChI is InChI=1S/C21H24O3S/c1-15-7-9-20(10-8-15)25(22,23)24-12-11-18-5-4-6-19-13-16(2)17(3)14-21(18)19/h5,7-10,13-14H,4,6,11-12H2,1-3H3. The van der Waals surface area contributed by atoms with E-state index in [1.165, 1.54) is 27.8 Å².